The number of anilines is 1. The fourth-order valence-electron chi connectivity index (χ4n) is 3.09. The van der Waals surface area contributed by atoms with Crippen molar-refractivity contribution < 1.29 is 17.9 Å². The normalized spacial score (nSPS) is 15.7. The molecule has 0 atom stereocenters. The van der Waals surface area contributed by atoms with Gasteiger partial charge in [0.15, 0.2) is 6.61 Å². The van der Waals surface area contributed by atoms with Crippen molar-refractivity contribution in [2.45, 2.75) is 11.8 Å². The molecule has 162 valence electrons. The Morgan fingerprint density at radius 2 is 1.73 bits per heavy atom. The van der Waals surface area contributed by atoms with Gasteiger partial charge >= 0.3 is 0 Å². The quantitative estimate of drug-likeness (QED) is 0.585. The molecule has 2 aromatic carbocycles. The SMILES string of the molecule is Cc1cc(Br)cc(Br)c1OCC(=O)Nc1ccc(S(=O)(=O)N2CCN(C)CC2)cc1. The van der Waals surface area contributed by atoms with Gasteiger partial charge in [-0.3, -0.25) is 4.79 Å². The van der Waals surface area contributed by atoms with E-state index in [0.29, 0.717) is 37.6 Å². The van der Waals surface area contributed by atoms with Crippen LogP contribution in [-0.4, -0.2) is 63.4 Å². The van der Waals surface area contributed by atoms with E-state index in [1.165, 1.54) is 16.4 Å². The largest absolute Gasteiger partial charge is 0.482 e. The second-order valence-corrected chi connectivity index (χ2v) is 10.8. The van der Waals surface area contributed by atoms with Crippen LogP contribution in [0.1, 0.15) is 5.56 Å². The Hall–Kier alpha value is -1.46. The van der Waals surface area contributed by atoms with Crippen LogP contribution in [0.15, 0.2) is 50.2 Å². The maximum absolute atomic E-state index is 12.8. The fraction of sp³-hybridized carbons (Fsp3) is 0.350. The molecular formula is C20H23Br2N3O4S. The number of hydrogen-bond donors (Lipinski definition) is 1. The molecule has 7 nitrogen and oxygen atoms in total. The standard InChI is InChI=1S/C20H23Br2N3O4S/c1-14-11-15(21)12-18(22)20(14)29-13-19(26)23-16-3-5-17(6-4-16)30(27,28)25-9-7-24(2)8-10-25/h3-6,11-12H,7-10,13H2,1-2H3,(H,23,26). The molecule has 2 aromatic rings. The number of amides is 1. The number of ether oxygens (including phenoxy) is 1. The van der Waals surface area contributed by atoms with Crippen LogP contribution in [0.5, 0.6) is 5.75 Å². The summed E-state index contributed by atoms with van der Waals surface area (Å²) in [6, 6.07) is 9.94. The third-order valence-corrected chi connectivity index (χ3v) is 7.74. The van der Waals surface area contributed by atoms with E-state index >= 15 is 0 Å². The Bertz CT molecular complexity index is 998. The molecule has 0 unspecified atom stereocenters. The Morgan fingerprint density at radius 3 is 2.33 bits per heavy atom. The number of likely N-dealkylation sites (N-methyl/N-ethyl adjacent to an activating group) is 1. The van der Waals surface area contributed by atoms with Crippen molar-refractivity contribution in [3.05, 3.63) is 50.9 Å². The monoisotopic (exact) mass is 559 g/mol. The number of aryl methyl sites for hydroxylation is 1. The molecule has 0 radical (unpaired) electrons. The molecule has 1 aliphatic heterocycles. The minimum absolute atomic E-state index is 0.164. The van der Waals surface area contributed by atoms with Gasteiger partial charge in [0.1, 0.15) is 5.75 Å². The highest BCUT2D eigenvalue weighted by Crippen LogP contribution is 2.32. The van der Waals surface area contributed by atoms with E-state index < -0.39 is 10.0 Å². The van der Waals surface area contributed by atoms with E-state index in [1.807, 2.05) is 26.1 Å². The summed E-state index contributed by atoms with van der Waals surface area (Å²) >= 11 is 6.83. The van der Waals surface area contributed by atoms with Gasteiger partial charge in [0, 0.05) is 36.3 Å². The minimum atomic E-state index is -3.53. The van der Waals surface area contributed by atoms with Crippen molar-refractivity contribution >= 4 is 53.5 Å². The first kappa shape index (κ1) is 23.2. The smallest absolute Gasteiger partial charge is 0.262 e. The highest BCUT2D eigenvalue weighted by molar-refractivity contribution is 9.11. The molecule has 0 spiro atoms. The van der Waals surface area contributed by atoms with Gasteiger partial charge in [-0.05, 0) is 71.9 Å². The lowest BCUT2D eigenvalue weighted by molar-refractivity contribution is -0.118. The summed E-state index contributed by atoms with van der Waals surface area (Å²) < 4.78 is 34.3. The second kappa shape index (κ2) is 9.78. The lowest BCUT2D eigenvalue weighted by Gasteiger charge is -2.31. The Morgan fingerprint density at radius 1 is 1.10 bits per heavy atom. The molecule has 30 heavy (non-hydrogen) atoms. The molecule has 0 aromatic heterocycles. The maximum Gasteiger partial charge on any atom is 0.262 e. The van der Waals surface area contributed by atoms with Crippen LogP contribution in [-0.2, 0) is 14.8 Å². The van der Waals surface area contributed by atoms with E-state index in [9.17, 15) is 13.2 Å². The van der Waals surface area contributed by atoms with Crippen molar-refractivity contribution in [3.63, 3.8) is 0 Å². The number of carbonyl (C=O) groups is 1. The summed E-state index contributed by atoms with van der Waals surface area (Å²) in [6.45, 7) is 4.09. The highest BCUT2D eigenvalue weighted by Gasteiger charge is 2.27. The first-order valence-electron chi connectivity index (χ1n) is 9.34. The van der Waals surface area contributed by atoms with Crippen molar-refractivity contribution in [2.75, 3.05) is 45.2 Å². The molecule has 0 aliphatic carbocycles. The van der Waals surface area contributed by atoms with Crippen LogP contribution >= 0.6 is 31.9 Å². The van der Waals surface area contributed by atoms with Gasteiger partial charge in [-0.2, -0.15) is 4.31 Å². The first-order chi connectivity index (χ1) is 14.2. The molecule has 1 N–H and O–H groups in total. The van der Waals surface area contributed by atoms with Crippen molar-refractivity contribution in [3.8, 4) is 5.75 Å². The van der Waals surface area contributed by atoms with Crippen LogP contribution < -0.4 is 10.1 Å². The summed E-state index contributed by atoms with van der Waals surface area (Å²) in [5, 5.41) is 2.72. The number of nitrogens with zero attached hydrogens (tertiary/aromatic N) is 2. The molecule has 1 fully saturated rings. The predicted molar refractivity (Wildman–Crippen MR) is 123 cm³/mol. The average molecular weight is 561 g/mol. The average Bonchev–Trinajstić information content (AvgIpc) is 2.68. The molecule has 1 amide bonds. The summed E-state index contributed by atoms with van der Waals surface area (Å²) in [4.78, 5) is 14.6. The first-order valence-corrected chi connectivity index (χ1v) is 12.4. The topological polar surface area (TPSA) is 78.9 Å². The molecule has 3 rings (SSSR count). The van der Waals surface area contributed by atoms with Crippen LogP contribution in [0.25, 0.3) is 0 Å². The number of rotatable bonds is 6. The van der Waals surface area contributed by atoms with Gasteiger partial charge in [-0.1, -0.05) is 15.9 Å². The molecule has 1 aliphatic rings. The number of nitrogens with one attached hydrogen (secondary N) is 1. The lowest BCUT2D eigenvalue weighted by Crippen LogP contribution is -2.46. The van der Waals surface area contributed by atoms with E-state index in [2.05, 4.69) is 42.1 Å². The van der Waals surface area contributed by atoms with Crippen LogP contribution in [0, 0.1) is 6.92 Å². The Labute approximate surface area is 193 Å². The van der Waals surface area contributed by atoms with Gasteiger partial charge in [0.25, 0.3) is 5.91 Å². The predicted octanol–water partition coefficient (Wildman–Crippen LogP) is 3.47. The molecular weight excluding hydrogens is 538 g/mol. The van der Waals surface area contributed by atoms with E-state index in [0.717, 1.165) is 14.5 Å². The lowest BCUT2D eigenvalue weighted by atomic mass is 10.2. The number of halogens is 2. The zero-order chi connectivity index (χ0) is 21.9. The second-order valence-electron chi connectivity index (χ2n) is 7.10. The fourth-order valence-corrected chi connectivity index (χ4v) is 6.07. The van der Waals surface area contributed by atoms with Crippen molar-refractivity contribution in [1.82, 2.24) is 9.21 Å². The Kier molecular flexibility index (Phi) is 7.56. The van der Waals surface area contributed by atoms with Crippen molar-refractivity contribution in [1.29, 1.82) is 0 Å². The number of sulfonamides is 1. The third kappa shape index (κ3) is 5.61. The Balaban J connectivity index is 1.59. The van der Waals surface area contributed by atoms with Gasteiger partial charge in [-0.25, -0.2) is 8.42 Å². The molecule has 10 heteroatoms. The summed E-state index contributed by atoms with van der Waals surface area (Å²) in [6.07, 6.45) is 0. The van der Waals surface area contributed by atoms with E-state index in [4.69, 9.17) is 4.74 Å². The van der Waals surface area contributed by atoms with Crippen LogP contribution in [0.4, 0.5) is 5.69 Å². The van der Waals surface area contributed by atoms with Gasteiger partial charge in [0.2, 0.25) is 10.0 Å². The molecule has 0 saturated carbocycles. The molecule has 0 bridgehead atoms. The van der Waals surface area contributed by atoms with Gasteiger partial charge in [0.05, 0.1) is 9.37 Å². The van der Waals surface area contributed by atoms with Crippen LogP contribution in [0.3, 0.4) is 0 Å². The number of carbonyl (C=O) groups excluding carboxylic acids is 1. The summed E-state index contributed by atoms with van der Waals surface area (Å²) in [5.41, 5.74) is 1.40. The zero-order valence-electron chi connectivity index (χ0n) is 16.7. The highest BCUT2D eigenvalue weighted by atomic mass is 79.9. The number of benzene rings is 2. The van der Waals surface area contributed by atoms with E-state index in [-0.39, 0.29) is 17.4 Å². The number of piperazine rings is 1. The van der Waals surface area contributed by atoms with Gasteiger partial charge < -0.3 is 15.0 Å². The maximum atomic E-state index is 12.8. The summed E-state index contributed by atoms with van der Waals surface area (Å²) in [5.74, 6) is 0.265. The zero-order valence-corrected chi connectivity index (χ0v) is 20.7. The molecule has 1 saturated heterocycles. The van der Waals surface area contributed by atoms with E-state index in [1.54, 1.807) is 12.1 Å². The minimum Gasteiger partial charge on any atom is -0.482 e. The third-order valence-electron chi connectivity index (χ3n) is 4.78. The van der Waals surface area contributed by atoms with Crippen LogP contribution in [0.2, 0.25) is 0 Å². The molecule has 1 heterocycles. The summed E-state index contributed by atoms with van der Waals surface area (Å²) in [7, 11) is -1.56. The van der Waals surface area contributed by atoms with Crippen molar-refractivity contribution in [2.24, 2.45) is 0 Å². The van der Waals surface area contributed by atoms with Gasteiger partial charge in [-0.15, -0.1) is 0 Å². The number of hydrogen-bond acceptors (Lipinski definition) is 5.